The number of unbranched alkanes of at least 4 members (excludes halogenated alkanes) is 14. The Labute approximate surface area is 217 Å². The third kappa shape index (κ3) is 12.8. The molecule has 0 aromatic rings. The van der Waals surface area contributed by atoms with Crippen LogP contribution in [0.15, 0.2) is 0 Å². The quantitative estimate of drug-likeness (QED) is 0.101. The Balaban J connectivity index is 2.36. The third-order valence-electron chi connectivity index (χ3n) is 9.58. The SMILES string of the molecule is CCCCCCCCCCCCCCCC[N+](C)(C(CC)CC)C(CCCC)C1CCCCC1. The maximum Gasteiger partial charge on any atom is 0.0918 e. The lowest BCUT2D eigenvalue weighted by atomic mass is 9.79. The van der Waals surface area contributed by atoms with Crippen LogP contribution in [0.3, 0.4) is 0 Å². The minimum absolute atomic E-state index is 0.866. The molecule has 0 amide bonds. The zero-order valence-corrected chi connectivity index (χ0v) is 24.9. The molecule has 0 aliphatic heterocycles. The molecular formula is C33H68N+. The van der Waals surface area contributed by atoms with E-state index in [4.69, 9.17) is 0 Å². The Kier molecular flexibility index (Phi) is 19.8. The molecule has 1 saturated carbocycles. The molecule has 0 aromatic heterocycles. The van der Waals surface area contributed by atoms with Crippen LogP contribution in [0.5, 0.6) is 0 Å². The number of quaternary nitrogens is 1. The smallest absolute Gasteiger partial charge is 0.0918 e. The number of nitrogens with zero attached hydrogens (tertiary/aromatic N) is 1. The van der Waals surface area contributed by atoms with Crippen LogP contribution in [-0.2, 0) is 0 Å². The first kappa shape index (κ1) is 32.0. The standard InChI is InChI=1S/C33H68N/c1-6-10-12-13-14-15-16-17-18-19-20-21-22-26-30-34(5,32(8-3)9-4)33(29-11-7-2)31-27-24-23-25-28-31/h31-33H,6-30H2,1-5H3/q+1. The fourth-order valence-electron chi connectivity index (χ4n) is 7.33. The Morgan fingerprint density at radius 2 is 1.00 bits per heavy atom. The van der Waals surface area contributed by atoms with Gasteiger partial charge in [0.15, 0.2) is 0 Å². The van der Waals surface area contributed by atoms with Gasteiger partial charge in [0.25, 0.3) is 0 Å². The normalized spacial score (nSPS) is 17.8. The summed E-state index contributed by atoms with van der Waals surface area (Å²) in [7, 11) is 2.69. The summed E-state index contributed by atoms with van der Waals surface area (Å²) < 4.78 is 1.40. The molecule has 1 nitrogen and oxygen atoms in total. The van der Waals surface area contributed by atoms with E-state index in [0.717, 1.165) is 18.0 Å². The van der Waals surface area contributed by atoms with Crippen molar-refractivity contribution in [1.29, 1.82) is 0 Å². The number of rotatable bonds is 23. The van der Waals surface area contributed by atoms with Crippen molar-refractivity contribution in [1.82, 2.24) is 0 Å². The molecule has 2 unspecified atom stereocenters. The summed E-state index contributed by atoms with van der Waals surface area (Å²) in [5.41, 5.74) is 0. The molecule has 0 N–H and O–H groups in total. The average Bonchev–Trinajstić information content (AvgIpc) is 2.86. The van der Waals surface area contributed by atoms with Gasteiger partial charge in [-0.05, 0) is 51.4 Å². The van der Waals surface area contributed by atoms with Gasteiger partial charge in [0.2, 0.25) is 0 Å². The first-order valence-corrected chi connectivity index (χ1v) is 16.5. The van der Waals surface area contributed by atoms with E-state index in [2.05, 4.69) is 34.7 Å². The van der Waals surface area contributed by atoms with Crippen LogP contribution in [0.1, 0.15) is 182 Å². The molecule has 0 spiro atoms. The van der Waals surface area contributed by atoms with Crippen LogP contribution in [0.25, 0.3) is 0 Å². The molecule has 1 aliphatic rings. The molecule has 0 radical (unpaired) electrons. The van der Waals surface area contributed by atoms with Crippen molar-refractivity contribution in [2.45, 2.75) is 194 Å². The monoisotopic (exact) mass is 479 g/mol. The van der Waals surface area contributed by atoms with Gasteiger partial charge in [-0.15, -0.1) is 0 Å². The second kappa shape index (κ2) is 21.1. The first-order valence-electron chi connectivity index (χ1n) is 16.5. The van der Waals surface area contributed by atoms with Crippen molar-refractivity contribution in [3.05, 3.63) is 0 Å². The predicted molar refractivity (Wildman–Crippen MR) is 156 cm³/mol. The lowest BCUT2D eigenvalue weighted by Gasteiger charge is -2.51. The summed E-state index contributed by atoms with van der Waals surface area (Å²) in [6.07, 6.45) is 35.0. The Bertz CT molecular complexity index is 422. The maximum absolute atomic E-state index is 2.69. The van der Waals surface area contributed by atoms with Crippen LogP contribution in [0, 0.1) is 5.92 Å². The highest BCUT2D eigenvalue weighted by atomic mass is 15.4. The van der Waals surface area contributed by atoms with Crippen LogP contribution < -0.4 is 0 Å². The number of hydrogen-bond donors (Lipinski definition) is 0. The third-order valence-corrected chi connectivity index (χ3v) is 9.58. The van der Waals surface area contributed by atoms with Gasteiger partial charge >= 0.3 is 0 Å². The molecular weight excluding hydrogens is 410 g/mol. The van der Waals surface area contributed by atoms with Crippen LogP contribution >= 0.6 is 0 Å². The molecule has 0 aromatic carbocycles. The summed E-state index contributed by atoms with van der Waals surface area (Å²) in [5.74, 6) is 0.998. The summed E-state index contributed by atoms with van der Waals surface area (Å²) >= 11 is 0. The molecule has 2 atom stereocenters. The maximum atomic E-state index is 2.69. The van der Waals surface area contributed by atoms with E-state index in [-0.39, 0.29) is 0 Å². The van der Waals surface area contributed by atoms with Gasteiger partial charge < -0.3 is 4.48 Å². The minimum atomic E-state index is 0.866. The molecule has 0 saturated heterocycles. The van der Waals surface area contributed by atoms with Crippen molar-refractivity contribution < 1.29 is 4.48 Å². The van der Waals surface area contributed by atoms with E-state index < -0.39 is 0 Å². The molecule has 1 fully saturated rings. The fraction of sp³-hybridized carbons (Fsp3) is 1.00. The summed E-state index contributed by atoms with van der Waals surface area (Å²) in [6.45, 7) is 11.1. The van der Waals surface area contributed by atoms with E-state index in [0.29, 0.717) is 0 Å². The van der Waals surface area contributed by atoms with E-state index >= 15 is 0 Å². The first-order chi connectivity index (χ1) is 16.6. The van der Waals surface area contributed by atoms with E-state index in [1.54, 1.807) is 0 Å². The zero-order valence-electron chi connectivity index (χ0n) is 24.9. The second-order valence-electron chi connectivity index (χ2n) is 12.2. The van der Waals surface area contributed by atoms with Crippen molar-refractivity contribution in [3.63, 3.8) is 0 Å². The highest BCUT2D eigenvalue weighted by molar-refractivity contribution is 4.77. The van der Waals surface area contributed by atoms with Crippen molar-refractivity contribution in [3.8, 4) is 0 Å². The zero-order chi connectivity index (χ0) is 24.9. The lowest BCUT2D eigenvalue weighted by molar-refractivity contribution is -0.961. The van der Waals surface area contributed by atoms with Crippen LogP contribution in [0.2, 0.25) is 0 Å². The van der Waals surface area contributed by atoms with E-state index in [1.165, 1.54) is 165 Å². The molecule has 0 heterocycles. The van der Waals surface area contributed by atoms with Gasteiger partial charge in [-0.1, -0.05) is 130 Å². The molecule has 1 heteroatoms. The molecule has 0 bridgehead atoms. The van der Waals surface area contributed by atoms with Gasteiger partial charge in [0.05, 0.1) is 25.7 Å². The molecule has 34 heavy (non-hydrogen) atoms. The van der Waals surface area contributed by atoms with Gasteiger partial charge in [0, 0.05) is 5.92 Å². The summed E-state index contributed by atoms with van der Waals surface area (Å²) in [4.78, 5) is 0. The van der Waals surface area contributed by atoms with Gasteiger partial charge in [-0.25, -0.2) is 0 Å². The van der Waals surface area contributed by atoms with Crippen LogP contribution in [0.4, 0.5) is 0 Å². The Hall–Kier alpha value is -0.0400. The fourth-order valence-corrected chi connectivity index (χ4v) is 7.33. The lowest BCUT2D eigenvalue weighted by Crippen LogP contribution is -2.61. The highest BCUT2D eigenvalue weighted by Crippen LogP contribution is 2.37. The summed E-state index contributed by atoms with van der Waals surface area (Å²) in [5, 5.41) is 0. The Morgan fingerprint density at radius 1 is 0.559 bits per heavy atom. The van der Waals surface area contributed by atoms with Crippen molar-refractivity contribution >= 4 is 0 Å². The second-order valence-corrected chi connectivity index (χ2v) is 12.2. The highest BCUT2D eigenvalue weighted by Gasteiger charge is 2.42. The van der Waals surface area contributed by atoms with Crippen molar-refractivity contribution in [2.24, 2.45) is 5.92 Å². The van der Waals surface area contributed by atoms with Crippen molar-refractivity contribution in [2.75, 3.05) is 13.6 Å². The number of hydrogen-bond acceptors (Lipinski definition) is 0. The van der Waals surface area contributed by atoms with Gasteiger partial charge in [-0.2, -0.15) is 0 Å². The topological polar surface area (TPSA) is 0 Å². The minimum Gasteiger partial charge on any atom is -0.321 e. The molecule has 204 valence electrons. The van der Waals surface area contributed by atoms with E-state index in [1.807, 2.05) is 0 Å². The van der Waals surface area contributed by atoms with E-state index in [9.17, 15) is 0 Å². The predicted octanol–water partition coefficient (Wildman–Crippen LogP) is 11.2. The summed E-state index contributed by atoms with van der Waals surface area (Å²) in [6, 6.07) is 1.79. The average molecular weight is 479 g/mol. The van der Waals surface area contributed by atoms with Gasteiger partial charge in [0.1, 0.15) is 0 Å². The van der Waals surface area contributed by atoms with Gasteiger partial charge in [-0.3, -0.25) is 0 Å². The Morgan fingerprint density at radius 3 is 1.44 bits per heavy atom. The largest absolute Gasteiger partial charge is 0.321 e. The molecule has 1 aliphatic carbocycles. The molecule has 1 rings (SSSR count). The van der Waals surface area contributed by atoms with Crippen LogP contribution in [-0.4, -0.2) is 30.2 Å².